The van der Waals surface area contributed by atoms with Crippen molar-refractivity contribution in [2.24, 2.45) is 0 Å². The summed E-state index contributed by atoms with van der Waals surface area (Å²) in [7, 11) is 0. The van der Waals surface area contributed by atoms with Crippen molar-refractivity contribution in [3.63, 3.8) is 0 Å². The second kappa shape index (κ2) is 7.46. The van der Waals surface area contributed by atoms with Gasteiger partial charge in [0, 0.05) is 35.8 Å². The quantitative estimate of drug-likeness (QED) is 0.466. The normalized spacial score (nSPS) is 15.6. The lowest BCUT2D eigenvalue weighted by molar-refractivity contribution is 0.0655. The van der Waals surface area contributed by atoms with Gasteiger partial charge < -0.3 is 14.3 Å². The molecule has 6 rings (SSSR count). The van der Waals surface area contributed by atoms with Gasteiger partial charge in [0.2, 0.25) is 5.76 Å². The number of oxazole rings is 1. The van der Waals surface area contributed by atoms with Gasteiger partial charge in [-0.3, -0.25) is 9.78 Å². The molecule has 5 aromatic rings. The molecule has 0 unspecified atom stereocenters. The highest BCUT2D eigenvalue weighted by Gasteiger charge is 2.37. The van der Waals surface area contributed by atoms with Crippen molar-refractivity contribution >= 4 is 16.7 Å². The predicted octanol–water partition coefficient (Wildman–Crippen LogP) is 4.40. The summed E-state index contributed by atoms with van der Waals surface area (Å²) in [5, 5.41) is 2.12. The van der Waals surface area contributed by atoms with E-state index in [-0.39, 0.29) is 11.7 Å². The van der Waals surface area contributed by atoms with Crippen molar-refractivity contribution in [2.75, 3.05) is 6.54 Å². The Labute approximate surface area is 183 Å². The minimum atomic E-state index is -0.421. The van der Waals surface area contributed by atoms with Crippen molar-refractivity contribution < 1.29 is 9.21 Å². The SMILES string of the molecule is O=C(c1ocnc1-c1ccccc1)N1CCc2[nH]cnc2[C@H]1c1cc2ccccc2cn1. The number of hydrogen-bond donors (Lipinski definition) is 1. The number of H-pyrrole nitrogens is 1. The number of hydrogen-bond acceptors (Lipinski definition) is 5. The number of imidazole rings is 1. The number of nitrogens with zero attached hydrogens (tertiary/aromatic N) is 4. The molecule has 156 valence electrons. The van der Waals surface area contributed by atoms with E-state index in [0.717, 1.165) is 33.4 Å². The number of benzene rings is 2. The lowest BCUT2D eigenvalue weighted by Gasteiger charge is -2.34. The molecule has 0 bridgehead atoms. The molecule has 1 aliphatic heterocycles. The van der Waals surface area contributed by atoms with E-state index in [0.29, 0.717) is 18.7 Å². The molecular formula is C25H19N5O2. The molecule has 0 fully saturated rings. The fourth-order valence-corrected chi connectivity index (χ4v) is 4.38. The molecule has 0 radical (unpaired) electrons. The molecule has 32 heavy (non-hydrogen) atoms. The van der Waals surface area contributed by atoms with Crippen LogP contribution in [0.15, 0.2) is 84.0 Å². The van der Waals surface area contributed by atoms with Gasteiger partial charge in [0.25, 0.3) is 5.91 Å². The Bertz CT molecular complexity index is 1420. The maximum Gasteiger partial charge on any atom is 0.292 e. The number of aromatic nitrogens is 4. The largest absolute Gasteiger partial charge is 0.438 e. The Morgan fingerprint density at radius 2 is 1.81 bits per heavy atom. The number of fused-ring (bicyclic) bond motifs is 2. The van der Waals surface area contributed by atoms with Crippen LogP contribution in [0.3, 0.4) is 0 Å². The van der Waals surface area contributed by atoms with Gasteiger partial charge in [-0.2, -0.15) is 0 Å². The Morgan fingerprint density at radius 1 is 1.00 bits per heavy atom. The van der Waals surface area contributed by atoms with E-state index >= 15 is 0 Å². The summed E-state index contributed by atoms with van der Waals surface area (Å²) in [4.78, 5) is 32.3. The first-order valence-corrected chi connectivity index (χ1v) is 10.5. The maximum absolute atomic E-state index is 13.8. The zero-order chi connectivity index (χ0) is 21.5. The van der Waals surface area contributed by atoms with Gasteiger partial charge in [-0.25, -0.2) is 9.97 Å². The molecule has 3 aromatic heterocycles. The molecule has 0 spiro atoms. The fraction of sp³-hybridized carbons (Fsp3) is 0.120. The molecule has 0 aliphatic carbocycles. The van der Waals surface area contributed by atoms with E-state index in [1.54, 1.807) is 11.2 Å². The van der Waals surface area contributed by atoms with Gasteiger partial charge in [0.1, 0.15) is 11.7 Å². The van der Waals surface area contributed by atoms with Crippen LogP contribution in [0.2, 0.25) is 0 Å². The fourth-order valence-electron chi connectivity index (χ4n) is 4.38. The average Bonchev–Trinajstić information content (AvgIpc) is 3.53. The highest BCUT2D eigenvalue weighted by molar-refractivity contribution is 5.97. The molecule has 1 aliphatic rings. The summed E-state index contributed by atoms with van der Waals surface area (Å²) in [6.45, 7) is 0.516. The molecule has 1 amide bonds. The van der Waals surface area contributed by atoms with E-state index in [1.807, 2.05) is 66.9 Å². The molecule has 1 atom stereocenters. The first-order chi connectivity index (χ1) is 15.8. The summed E-state index contributed by atoms with van der Waals surface area (Å²) in [6.07, 6.45) is 5.53. The summed E-state index contributed by atoms with van der Waals surface area (Å²) in [6, 6.07) is 19.2. The van der Waals surface area contributed by atoms with E-state index in [2.05, 4.69) is 15.0 Å². The van der Waals surface area contributed by atoms with Gasteiger partial charge in [-0.1, -0.05) is 54.6 Å². The second-order valence-corrected chi connectivity index (χ2v) is 7.77. The van der Waals surface area contributed by atoms with Crippen LogP contribution in [-0.4, -0.2) is 37.3 Å². The van der Waals surface area contributed by atoms with Crippen LogP contribution in [0.5, 0.6) is 0 Å². The van der Waals surface area contributed by atoms with Crippen molar-refractivity contribution in [1.82, 2.24) is 24.8 Å². The average molecular weight is 421 g/mol. The van der Waals surface area contributed by atoms with Crippen LogP contribution in [-0.2, 0) is 6.42 Å². The molecule has 4 heterocycles. The number of nitrogens with one attached hydrogen (secondary N) is 1. The Morgan fingerprint density at radius 3 is 2.69 bits per heavy atom. The van der Waals surface area contributed by atoms with Gasteiger partial charge in [0.15, 0.2) is 6.39 Å². The van der Waals surface area contributed by atoms with Crippen molar-refractivity contribution in [1.29, 1.82) is 0 Å². The van der Waals surface area contributed by atoms with E-state index in [9.17, 15) is 4.79 Å². The number of aromatic amines is 1. The van der Waals surface area contributed by atoms with Crippen LogP contribution in [0.4, 0.5) is 0 Å². The number of pyridine rings is 1. The smallest absolute Gasteiger partial charge is 0.292 e. The van der Waals surface area contributed by atoms with Crippen LogP contribution < -0.4 is 0 Å². The van der Waals surface area contributed by atoms with Gasteiger partial charge in [-0.15, -0.1) is 0 Å². The van der Waals surface area contributed by atoms with Gasteiger partial charge >= 0.3 is 0 Å². The van der Waals surface area contributed by atoms with E-state index in [1.165, 1.54) is 6.39 Å². The number of carbonyl (C=O) groups is 1. The Kier molecular flexibility index (Phi) is 4.31. The summed E-state index contributed by atoms with van der Waals surface area (Å²) in [5.74, 6) is -0.00376. The molecule has 0 saturated carbocycles. The van der Waals surface area contributed by atoms with Crippen molar-refractivity contribution in [3.05, 3.63) is 102 Å². The zero-order valence-corrected chi connectivity index (χ0v) is 17.1. The van der Waals surface area contributed by atoms with E-state index < -0.39 is 6.04 Å². The molecule has 7 nitrogen and oxygen atoms in total. The standard InChI is InChI=1S/C25H19N5O2/c31-25(24-21(29-15-32-24)16-6-2-1-3-7-16)30-11-10-19-22(28-14-27-19)23(30)20-12-17-8-4-5-9-18(17)13-26-20/h1-9,12-15,23H,10-11H2,(H,27,28)/t23-/m1/s1. The third kappa shape index (κ3) is 2.98. The minimum absolute atomic E-state index is 0.223. The first kappa shape index (κ1) is 18.5. The summed E-state index contributed by atoms with van der Waals surface area (Å²) in [5.41, 5.74) is 3.98. The number of rotatable bonds is 3. The van der Waals surface area contributed by atoms with Gasteiger partial charge in [-0.05, 0) is 11.5 Å². The zero-order valence-electron chi connectivity index (χ0n) is 17.1. The number of carbonyl (C=O) groups excluding carboxylic acids is 1. The maximum atomic E-state index is 13.8. The molecular weight excluding hydrogens is 402 g/mol. The van der Waals surface area contributed by atoms with Crippen LogP contribution >= 0.6 is 0 Å². The first-order valence-electron chi connectivity index (χ1n) is 10.5. The van der Waals surface area contributed by atoms with Crippen LogP contribution in [0, 0.1) is 0 Å². The van der Waals surface area contributed by atoms with Crippen LogP contribution in [0.25, 0.3) is 22.0 Å². The lowest BCUT2D eigenvalue weighted by Crippen LogP contribution is -2.41. The third-order valence-electron chi connectivity index (χ3n) is 5.93. The Balaban J connectivity index is 1.45. The van der Waals surface area contributed by atoms with Crippen molar-refractivity contribution in [2.45, 2.75) is 12.5 Å². The summed E-state index contributed by atoms with van der Waals surface area (Å²) < 4.78 is 5.61. The third-order valence-corrected chi connectivity index (χ3v) is 5.93. The highest BCUT2D eigenvalue weighted by Crippen LogP contribution is 2.35. The van der Waals surface area contributed by atoms with E-state index in [4.69, 9.17) is 9.40 Å². The number of amides is 1. The highest BCUT2D eigenvalue weighted by atomic mass is 16.3. The van der Waals surface area contributed by atoms with Crippen LogP contribution in [0.1, 0.15) is 33.7 Å². The second-order valence-electron chi connectivity index (χ2n) is 7.77. The molecule has 1 N–H and O–H groups in total. The molecule has 2 aromatic carbocycles. The summed E-state index contributed by atoms with van der Waals surface area (Å²) >= 11 is 0. The Hall–Kier alpha value is -4.26. The van der Waals surface area contributed by atoms with Crippen molar-refractivity contribution in [3.8, 4) is 11.3 Å². The van der Waals surface area contributed by atoms with Gasteiger partial charge in [0.05, 0.1) is 17.7 Å². The topological polar surface area (TPSA) is 87.9 Å². The molecule has 0 saturated heterocycles. The predicted molar refractivity (Wildman–Crippen MR) is 119 cm³/mol. The monoisotopic (exact) mass is 421 g/mol. The minimum Gasteiger partial charge on any atom is -0.438 e. The molecule has 7 heteroatoms. The lowest BCUT2D eigenvalue weighted by atomic mass is 9.97.